The van der Waals surface area contributed by atoms with Crippen molar-refractivity contribution in [1.29, 1.82) is 0 Å². The summed E-state index contributed by atoms with van der Waals surface area (Å²) in [4.78, 5) is 65.0. The van der Waals surface area contributed by atoms with Crippen LogP contribution in [0, 0.1) is 0 Å². The predicted octanol–water partition coefficient (Wildman–Crippen LogP) is -4.73. The summed E-state index contributed by atoms with van der Waals surface area (Å²) in [6, 6.07) is 6.35. The van der Waals surface area contributed by atoms with E-state index in [0.29, 0.717) is 17.5 Å². The van der Waals surface area contributed by atoms with Crippen LogP contribution in [0.4, 0.5) is 0 Å². The van der Waals surface area contributed by atoms with Gasteiger partial charge in [-0.2, -0.15) is 0 Å². The average molecular weight is 729 g/mol. The Labute approximate surface area is 301 Å². The summed E-state index contributed by atoms with van der Waals surface area (Å²) < 4.78 is 0. The van der Waals surface area contributed by atoms with E-state index in [9.17, 15) is 39.3 Å². The van der Waals surface area contributed by atoms with Crippen LogP contribution in [0.2, 0.25) is 0 Å². The number of rotatable bonds is 15. The Morgan fingerprint density at radius 2 is 1.52 bits per heavy atom. The number of nitrogens with one attached hydrogen (secondary N) is 5. The minimum Gasteiger partial charge on any atom is -0.508 e. The molecule has 0 aliphatic carbocycles. The lowest BCUT2D eigenvalue weighted by atomic mass is 9.96. The Hall–Kier alpha value is -4.69. The minimum absolute atomic E-state index is 0.00354. The third-order valence-corrected chi connectivity index (χ3v) is 8.55. The first kappa shape index (κ1) is 41.7. The summed E-state index contributed by atoms with van der Waals surface area (Å²) in [5.41, 5.74) is 31.5. The second-order valence-corrected chi connectivity index (χ2v) is 12.8. The summed E-state index contributed by atoms with van der Waals surface area (Å²) in [5, 5.41) is 43.1. The molecule has 18 nitrogen and oxygen atoms in total. The number of phenols is 1. The fourth-order valence-electron chi connectivity index (χ4n) is 5.39. The first-order chi connectivity index (χ1) is 24.7. The lowest BCUT2D eigenvalue weighted by molar-refractivity contribution is -0.133. The standard InChI is InChI=1S/C34H52N10O8/c35-14-22(45)13-28-34(52)44-27(33(51)42-17-26(39)31(49)40-8-2-5-24(37)30(48)41-16-23(46)15-36)10-18-3-1-4-19(9-18)20-6-7-29(47)21(11-20)12-25(38)32(50)43-28/h1,3-4,6-7,9,11,22-28,45-47H,2,5,8,10,12-17,35-39H2,(H,40,49)(H,41,48)(H,42,51)(H,43,50)(H,44,52)/t22-,23?,24+,25+,26+,27+,28+/m1/s1. The van der Waals surface area contributed by atoms with Gasteiger partial charge in [0.05, 0.1) is 24.3 Å². The Bertz CT molecular complexity index is 1550. The molecule has 18 N–H and O–H groups in total. The summed E-state index contributed by atoms with van der Waals surface area (Å²) in [7, 11) is 0. The fraction of sp³-hybridized carbons (Fsp3) is 0.500. The number of amides is 5. The molecule has 3 rings (SSSR count). The van der Waals surface area contributed by atoms with Gasteiger partial charge in [-0.15, -0.1) is 0 Å². The zero-order chi connectivity index (χ0) is 38.4. The van der Waals surface area contributed by atoms with Crippen molar-refractivity contribution in [3.63, 3.8) is 0 Å². The maximum atomic E-state index is 13.6. The average Bonchev–Trinajstić information content (AvgIpc) is 3.13. The van der Waals surface area contributed by atoms with Gasteiger partial charge in [-0.25, -0.2) is 0 Å². The van der Waals surface area contributed by atoms with Gasteiger partial charge < -0.3 is 70.6 Å². The maximum absolute atomic E-state index is 13.6. The number of aliphatic hydroxyl groups excluding tert-OH is 2. The van der Waals surface area contributed by atoms with Gasteiger partial charge in [0.15, 0.2) is 0 Å². The van der Waals surface area contributed by atoms with Crippen LogP contribution in [0.25, 0.3) is 11.1 Å². The summed E-state index contributed by atoms with van der Waals surface area (Å²) >= 11 is 0. The largest absolute Gasteiger partial charge is 0.508 e. The van der Waals surface area contributed by atoms with E-state index in [1.165, 1.54) is 6.07 Å². The van der Waals surface area contributed by atoms with E-state index in [4.69, 9.17) is 28.7 Å². The molecule has 1 aliphatic rings. The number of carbonyl (C=O) groups excluding carboxylic acids is 5. The molecule has 52 heavy (non-hydrogen) atoms. The summed E-state index contributed by atoms with van der Waals surface area (Å²) in [6.07, 6.45) is -1.79. The first-order valence-electron chi connectivity index (χ1n) is 17.1. The van der Waals surface area contributed by atoms with E-state index in [0.717, 1.165) is 11.1 Å². The van der Waals surface area contributed by atoms with E-state index in [1.54, 1.807) is 24.3 Å². The van der Waals surface area contributed by atoms with Gasteiger partial charge in [-0.3, -0.25) is 24.0 Å². The molecule has 4 bridgehead atoms. The van der Waals surface area contributed by atoms with Gasteiger partial charge in [0.2, 0.25) is 29.5 Å². The highest BCUT2D eigenvalue weighted by Gasteiger charge is 2.31. The highest BCUT2D eigenvalue weighted by Crippen LogP contribution is 2.28. The Morgan fingerprint density at radius 3 is 2.23 bits per heavy atom. The maximum Gasteiger partial charge on any atom is 0.243 e. The van der Waals surface area contributed by atoms with E-state index in [-0.39, 0.29) is 64.2 Å². The number of phenolic OH excluding ortho intramolecular Hbond substituents is 1. The molecule has 0 fully saturated rings. The number of fused-ring (bicyclic) bond motifs is 5. The van der Waals surface area contributed by atoms with Gasteiger partial charge in [0, 0.05) is 52.0 Å². The van der Waals surface area contributed by atoms with Gasteiger partial charge in [0.25, 0.3) is 0 Å². The van der Waals surface area contributed by atoms with Crippen LogP contribution in [0.5, 0.6) is 5.75 Å². The van der Waals surface area contributed by atoms with Crippen molar-refractivity contribution >= 4 is 29.5 Å². The van der Waals surface area contributed by atoms with Crippen LogP contribution in [-0.2, 0) is 36.8 Å². The molecule has 0 saturated carbocycles. The quantitative estimate of drug-likeness (QED) is 0.0768. The number of aromatic hydroxyl groups is 1. The highest BCUT2D eigenvalue weighted by atomic mass is 16.3. The van der Waals surface area contributed by atoms with Crippen molar-refractivity contribution < 1.29 is 39.3 Å². The van der Waals surface area contributed by atoms with Crippen LogP contribution in [0.3, 0.4) is 0 Å². The third kappa shape index (κ3) is 12.8. The second-order valence-electron chi connectivity index (χ2n) is 12.8. The van der Waals surface area contributed by atoms with E-state index >= 15 is 0 Å². The Balaban J connectivity index is 1.72. The zero-order valence-corrected chi connectivity index (χ0v) is 28.9. The lowest BCUT2D eigenvalue weighted by Gasteiger charge is -2.26. The summed E-state index contributed by atoms with van der Waals surface area (Å²) in [6.45, 7) is -0.383. The fourth-order valence-corrected chi connectivity index (χ4v) is 5.39. The molecular formula is C34H52N10O8. The van der Waals surface area contributed by atoms with Gasteiger partial charge in [-0.05, 0) is 47.2 Å². The van der Waals surface area contributed by atoms with Gasteiger partial charge in [0.1, 0.15) is 23.9 Å². The number of carbonyl (C=O) groups is 5. The minimum atomic E-state index is -1.33. The molecule has 1 aliphatic heterocycles. The van der Waals surface area contributed by atoms with Gasteiger partial charge >= 0.3 is 0 Å². The molecule has 1 heterocycles. The molecule has 7 atom stereocenters. The lowest BCUT2D eigenvalue weighted by Crippen LogP contribution is -2.58. The molecule has 18 heteroatoms. The molecule has 0 radical (unpaired) electrons. The number of aliphatic hydroxyl groups is 2. The van der Waals surface area contributed by atoms with Crippen molar-refractivity contribution in [2.24, 2.45) is 28.7 Å². The molecule has 0 aromatic heterocycles. The SMILES string of the molecule is NCC(O)CNC(=O)[C@@H](N)CCCNC(=O)[C@@H](N)CNC(=O)[C@@H]1Cc2cccc(c2)-c2ccc(O)c(c2)C[C@H](N)C(=O)N[C@@H](C[C@@H](O)CN)C(=O)N1. The van der Waals surface area contributed by atoms with Gasteiger partial charge in [-0.1, -0.05) is 30.3 Å². The van der Waals surface area contributed by atoms with Crippen molar-refractivity contribution in [1.82, 2.24) is 26.6 Å². The van der Waals surface area contributed by atoms with Crippen molar-refractivity contribution in [3.8, 4) is 16.9 Å². The Kier molecular flexibility index (Phi) is 16.4. The summed E-state index contributed by atoms with van der Waals surface area (Å²) in [5.74, 6) is -3.29. The molecule has 2 aromatic carbocycles. The molecular weight excluding hydrogens is 676 g/mol. The molecule has 286 valence electrons. The molecule has 5 amide bonds. The van der Waals surface area contributed by atoms with E-state index in [2.05, 4.69) is 26.6 Å². The normalized spacial score (nSPS) is 20.1. The molecule has 2 aromatic rings. The highest BCUT2D eigenvalue weighted by molar-refractivity contribution is 5.93. The smallest absolute Gasteiger partial charge is 0.243 e. The topological polar surface area (TPSA) is 336 Å². The number of hydrogen-bond donors (Lipinski definition) is 13. The van der Waals surface area contributed by atoms with Crippen LogP contribution in [-0.4, -0.2) is 120 Å². The van der Waals surface area contributed by atoms with Crippen molar-refractivity contribution in [3.05, 3.63) is 53.6 Å². The van der Waals surface area contributed by atoms with E-state index < -0.39 is 72.0 Å². The number of benzene rings is 2. The number of hydrogen-bond acceptors (Lipinski definition) is 13. The zero-order valence-electron chi connectivity index (χ0n) is 28.9. The monoisotopic (exact) mass is 728 g/mol. The van der Waals surface area contributed by atoms with E-state index in [1.807, 2.05) is 12.1 Å². The van der Waals surface area contributed by atoms with Crippen molar-refractivity contribution in [2.75, 3.05) is 32.7 Å². The molecule has 1 unspecified atom stereocenters. The van der Waals surface area contributed by atoms with Crippen LogP contribution < -0.4 is 55.3 Å². The molecule has 0 saturated heterocycles. The van der Waals surface area contributed by atoms with Crippen LogP contribution in [0.15, 0.2) is 42.5 Å². The number of nitrogens with two attached hydrogens (primary N) is 5. The third-order valence-electron chi connectivity index (χ3n) is 8.55. The first-order valence-corrected chi connectivity index (χ1v) is 17.1. The second kappa shape index (κ2) is 20.4. The Morgan fingerprint density at radius 1 is 0.827 bits per heavy atom. The van der Waals surface area contributed by atoms with Crippen molar-refractivity contribution in [2.45, 2.75) is 74.5 Å². The predicted molar refractivity (Wildman–Crippen MR) is 192 cm³/mol. The van der Waals surface area contributed by atoms with Crippen LogP contribution in [0.1, 0.15) is 30.4 Å². The molecule has 0 spiro atoms. The van der Waals surface area contributed by atoms with Crippen LogP contribution >= 0.6 is 0 Å².